The van der Waals surface area contributed by atoms with Crippen LogP contribution in [-0.2, 0) is 20.7 Å². The minimum atomic E-state index is -1.17. The van der Waals surface area contributed by atoms with Gasteiger partial charge in [-0.1, -0.05) is 47.5 Å². The lowest BCUT2D eigenvalue weighted by Gasteiger charge is -2.18. The van der Waals surface area contributed by atoms with Crippen molar-refractivity contribution in [3.63, 3.8) is 0 Å². The number of aliphatic carboxylic acids is 1. The first kappa shape index (κ1) is 21.4. The van der Waals surface area contributed by atoms with E-state index in [-0.39, 0.29) is 18.9 Å². The summed E-state index contributed by atoms with van der Waals surface area (Å²) in [6.45, 7) is 0.856. The van der Waals surface area contributed by atoms with Gasteiger partial charge in [-0.25, -0.2) is 4.79 Å². The molecule has 0 aliphatic carbocycles. The van der Waals surface area contributed by atoms with Crippen molar-refractivity contribution in [3.8, 4) is 0 Å². The maximum atomic E-state index is 12.5. The molecule has 3 rings (SSSR count). The van der Waals surface area contributed by atoms with Crippen molar-refractivity contribution in [3.05, 3.63) is 58.1 Å². The molecule has 1 fully saturated rings. The molecule has 2 aromatic rings. The van der Waals surface area contributed by atoms with Gasteiger partial charge in [-0.2, -0.15) is 0 Å². The fourth-order valence-corrected chi connectivity index (χ4v) is 3.81. The Morgan fingerprint density at radius 2 is 1.90 bits per heavy atom. The highest BCUT2D eigenvalue weighted by molar-refractivity contribution is 6.39. The zero-order valence-electron chi connectivity index (χ0n) is 15.7. The molecule has 154 valence electrons. The van der Waals surface area contributed by atoms with E-state index in [4.69, 9.17) is 27.9 Å². The number of carbonyl (C=O) groups is 2. The molecule has 1 aliphatic heterocycles. The summed E-state index contributed by atoms with van der Waals surface area (Å²) >= 11 is 12.4. The monoisotopic (exact) mass is 436 g/mol. The number of benzene rings is 2. The van der Waals surface area contributed by atoms with E-state index in [9.17, 15) is 14.7 Å². The first-order chi connectivity index (χ1) is 13.9. The Labute approximate surface area is 179 Å². The molecular formula is C21H22Cl2N2O4. The molecule has 3 N–H and O–H groups in total. The lowest BCUT2D eigenvalue weighted by molar-refractivity contribution is -0.164. The van der Waals surface area contributed by atoms with Gasteiger partial charge >= 0.3 is 11.9 Å². The zero-order valence-corrected chi connectivity index (χ0v) is 17.2. The standard InChI is InChI=1S/C21H22Cl2N2O4/c22-15-7-3-8-16(23)20(15)25-17-9-2-1-5-13(17)11-19(26)29-18(21(27)28)12-14-6-4-10-24-14/h1-3,5,7-9,14,18,24-25H,4,6,10-12H2,(H,27,28). The number of esters is 1. The summed E-state index contributed by atoms with van der Waals surface area (Å²) in [5, 5.41) is 16.7. The molecule has 2 atom stereocenters. The van der Waals surface area contributed by atoms with Gasteiger partial charge in [0.2, 0.25) is 0 Å². The highest BCUT2D eigenvalue weighted by Crippen LogP contribution is 2.33. The summed E-state index contributed by atoms with van der Waals surface area (Å²) in [5.74, 6) is -1.74. The van der Waals surface area contributed by atoms with Crippen LogP contribution in [0.1, 0.15) is 24.8 Å². The molecule has 6 nitrogen and oxygen atoms in total. The number of carbonyl (C=O) groups excluding carboxylic acids is 1. The molecule has 29 heavy (non-hydrogen) atoms. The molecule has 8 heteroatoms. The largest absolute Gasteiger partial charge is 0.479 e. The first-order valence-electron chi connectivity index (χ1n) is 9.38. The van der Waals surface area contributed by atoms with Gasteiger partial charge in [0.1, 0.15) is 0 Å². The summed E-state index contributed by atoms with van der Waals surface area (Å²) in [7, 11) is 0. The van der Waals surface area contributed by atoms with Gasteiger partial charge in [0, 0.05) is 18.2 Å². The Morgan fingerprint density at radius 3 is 2.55 bits per heavy atom. The summed E-state index contributed by atoms with van der Waals surface area (Å²) in [6.07, 6.45) is 0.890. The summed E-state index contributed by atoms with van der Waals surface area (Å²) in [6, 6.07) is 12.4. The second-order valence-electron chi connectivity index (χ2n) is 6.90. The van der Waals surface area contributed by atoms with Crippen LogP contribution < -0.4 is 10.6 Å². The van der Waals surface area contributed by atoms with Crippen molar-refractivity contribution in [2.45, 2.75) is 37.8 Å². The highest BCUT2D eigenvalue weighted by atomic mass is 35.5. The molecule has 0 amide bonds. The number of para-hydroxylation sites is 2. The third kappa shape index (κ3) is 5.85. The van der Waals surface area contributed by atoms with E-state index in [1.807, 2.05) is 6.07 Å². The van der Waals surface area contributed by atoms with Gasteiger partial charge in [-0.15, -0.1) is 0 Å². The number of nitrogens with one attached hydrogen (secondary N) is 2. The average Bonchev–Trinajstić information content (AvgIpc) is 3.18. The van der Waals surface area contributed by atoms with Crippen molar-refractivity contribution in [2.75, 3.05) is 11.9 Å². The van der Waals surface area contributed by atoms with Crippen molar-refractivity contribution < 1.29 is 19.4 Å². The lowest BCUT2D eigenvalue weighted by Crippen LogP contribution is -2.35. The quantitative estimate of drug-likeness (QED) is 0.530. The topological polar surface area (TPSA) is 87.7 Å². The van der Waals surface area contributed by atoms with Gasteiger partial charge < -0.3 is 20.5 Å². The molecule has 0 spiro atoms. The van der Waals surface area contributed by atoms with Crippen molar-refractivity contribution in [2.24, 2.45) is 0 Å². The van der Waals surface area contributed by atoms with Crippen LogP contribution in [0.15, 0.2) is 42.5 Å². The molecule has 1 aliphatic rings. The molecule has 0 radical (unpaired) electrons. The number of anilines is 2. The maximum Gasteiger partial charge on any atom is 0.345 e. The molecular weight excluding hydrogens is 415 g/mol. The molecule has 0 bridgehead atoms. The van der Waals surface area contributed by atoms with Crippen LogP contribution in [0, 0.1) is 0 Å². The fraction of sp³-hybridized carbons (Fsp3) is 0.333. The second-order valence-corrected chi connectivity index (χ2v) is 7.72. The molecule has 0 saturated carbocycles. The van der Waals surface area contributed by atoms with E-state index in [0.717, 1.165) is 19.4 Å². The van der Waals surface area contributed by atoms with Crippen molar-refractivity contribution in [1.82, 2.24) is 5.32 Å². The number of ether oxygens (including phenoxy) is 1. The predicted molar refractivity (Wildman–Crippen MR) is 113 cm³/mol. The first-order valence-corrected chi connectivity index (χ1v) is 10.1. The number of hydrogen-bond donors (Lipinski definition) is 3. The van der Waals surface area contributed by atoms with Gasteiger partial charge in [-0.3, -0.25) is 4.79 Å². The number of halogens is 2. The Hall–Kier alpha value is -2.28. The molecule has 1 heterocycles. The third-order valence-electron chi connectivity index (χ3n) is 4.78. The van der Waals surface area contributed by atoms with Crippen LogP contribution in [0.3, 0.4) is 0 Å². The van der Waals surface area contributed by atoms with E-state index in [1.165, 1.54) is 0 Å². The van der Waals surface area contributed by atoms with Crippen LogP contribution in [0.2, 0.25) is 10.0 Å². The van der Waals surface area contributed by atoms with E-state index < -0.39 is 18.0 Å². The van der Waals surface area contributed by atoms with Crippen molar-refractivity contribution >= 4 is 46.5 Å². The van der Waals surface area contributed by atoms with Gasteiger partial charge in [0.05, 0.1) is 22.2 Å². The van der Waals surface area contributed by atoms with E-state index in [1.54, 1.807) is 36.4 Å². The smallest absolute Gasteiger partial charge is 0.345 e. The van der Waals surface area contributed by atoms with Crippen LogP contribution in [0.5, 0.6) is 0 Å². The Kier molecular flexibility index (Phi) is 7.36. The normalized spacial score (nSPS) is 17.0. The van der Waals surface area contributed by atoms with Crippen molar-refractivity contribution in [1.29, 1.82) is 0 Å². The maximum absolute atomic E-state index is 12.5. The van der Waals surface area contributed by atoms with Crippen LogP contribution in [0.25, 0.3) is 0 Å². The number of carboxylic acid groups (broad SMARTS) is 1. The van der Waals surface area contributed by atoms with Crippen LogP contribution >= 0.6 is 23.2 Å². The van der Waals surface area contributed by atoms with E-state index in [0.29, 0.717) is 27.0 Å². The molecule has 0 aromatic heterocycles. The Morgan fingerprint density at radius 1 is 1.17 bits per heavy atom. The summed E-state index contributed by atoms with van der Waals surface area (Å²) in [4.78, 5) is 24.0. The minimum Gasteiger partial charge on any atom is -0.479 e. The molecule has 2 aromatic carbocycles. The van der Waals surface area contributed by atoms with Gasteiger partial charge in [0.15, 0.2) is 6.10 Å². The van der Waals surface area contributed by atoms with Gasteiger partial charge in [-0.05, 0) is 43.1 Å². The van der Waals surface area contributed by atoms with E-state index in [2.05, 4.69) is 10.6 Å². The average molecular weight is 437 g/mol. The third-order valence-corrected chi connectivity index (χ3v) is 5.41. The van der Waals surface area contributed by atoms with Crippen LogP contribution in [0.4, 0.5) is 11.4 Å². The number of hydrogen-bond acceptors (Lipinski definition) is 5. The fourth-order valence-electron chi connectivity index (χ4n) is 3.32. The Bertz CT molecular complexity index is 864. The molecule has 1 saturated heterocycles. The summed E-state index contributed by atoms with van der Waals surface area (Å²) in [5.41, 5.74) is 1.83. The predicted octanol–water partition coefficient (Wildman–Crippen LogP) is 4.42. The number of carboxylic acids is 1. The minimum absolute atomic E-state index is 0.0558. The zero-order chi connectivity index (χ0) is 20.8. The van der Waals surface area contributed by atoms with Gasteiger partial charge in [0.25, 0.3) is 0 Å². The molecule has 2 unspecified atom stereocenters. The Balaban J connectivity index is 1.69. The highest BCUT2D eigenvalue weighted by Gasteiger charge is 2.28. The lowest BCUT2D eigenvalue weighted by atomic mass is 10.1. The second kappa shape index (κ2) is 9.96. The van der Waals surface area contributed by atoms with Crippen LogP contribution in [-0.4, -0.2) is 35.7 Å². The summed E-state index contributed by atoms with van der Waals surface area (Å²) < 4.78 is 5.27. The number of rotatable bonds is 8. The SMILES string of the molecule is O=C(Cc1ccccc1Nc1c(Cl)cccc1Cl)OC(CC1CCCN1)C(=O)O. The van der Waals surface area contributed by atoms with E-state index >= 15 is 0 Å².